The lowest BCUT2D eigenvalue weighted by molar-refractivity contribution is 1.07. The zero-order chi connectivity index (χ0) is 38.2. The Morgan fingerprint density at radius 1 is 0.310 bits per heavy atom. The number of benzene rings is 9. The Balaban J connectivity index is 0.964. The van der Waals surface area contributed by atoms with E-state index < -0.39 is 0 Å². The van der Waals surface area contributed by atoms with Crippen molar-refractivity contribution in [1.82, 2.24) is 19.5 Å². The van der Waals surface area contributed by atoms with Gasteiger partial charge in [-0.1, -0.05) is 133 Å². The van der Waals surface area contributed by atoms with Gasteiger partial charge in [-0.25, -0.2) is 15.0 Å². The first-order valence-corrected chi connectivity index (χ1v) is 20.3. The fraction of sp³-hybridized carbons (Fsp3) is 0. The van der Waals surface area contributed by atoms with E-state index in [1.807, 2.05) is 29.5 Å². The molecule has 0 amide bonds. The molecule has 5 heteroatoms. The molecule has 12 aromatic rings. The van der Waals surface area contributed by atoms with Gasteiger partial charge in [-0.05, 0) is 93.3 Å². The van der Waals surface area contributed by atoms with Crippen LogP contribution in [0.15, 0.2) is 194 Å². The summed E-state index contributed by atoms with van der Waals surface area (Å²) in [6, 6.07) is 69.4. The summed E-state index contributed by atoms with van der Waals surface area (Å²) in [5, 5.41) is 9.93. The summed E-state index contributed by atoms with van der Waals surface area (Å²) < 4.78 is 4.95. The third kappa shape index (κ3) is 5.40. The molecule has 9 aromatic carbocycles. The van der Waals surface area contributed by atoms with Crippen LogP contribution in [0, 0.1) is 0 Å². The summed E-state index contributed by atoms with van der Waals surface area (Å²) in [6.45, 7) is 0. The first-order chi connectivity index (χ1) is 28.7. The van der Waals surface area contributed by atoms with E-state index in [0.29, 0.717) is 17.5 Å². The van der Waals surface area contributed by atoms with E-state index in [-0.39, 0.29) is 0 Å². The summed E-state index contributed by atoms with van der Waals surface area (Å²) in [5.74, 6) is 1.95. The van der Waals surface area contributed by atoms with Crippen LogP contribution in [-0.4, -0.2) is 19.5 Å². The van der Waals surface area contributed by atoms with E-state index in [2.05, 4.69) is 180 Å². The number of rotatable bonds is 5. The number of fused-ring (bicyclic) bond motifs is 8. The fourth-order valence-electron chi connectivity index (χ4n) is 8.52. The van der Waals surface area contributed by atoms with Gasteiger partial charge in [0.05, 0.1) is 11.0 Å². The molecule has 0 spiro atoms. The van der Waals surface area contributed by atoms with Crippen LogP contribution in [0.25, 0.3) is 115 Å². The second-order valence-electron chi connectivity index (χ2n) is 14.9. The summed E-state index contributed by atoms with van der Waals surface area (Å²) in [4.78, 5) is 15.2. The van der Waals surface area contributed by atoms with Gasteiger partial charge in [0.25, 0.3) is 0 Å². The second-order valence-corrected chi connectivity index (χ2v) is 16.0. The molecule has 0 unspecified atom stereocenters. The van der Waals surface area contributed by atoms with Crippen LogP contribution >= 0.6 is 11.3 Å². The molecule has 0 saturated heterocycles. The van der Waals surface area contributed by atoms with E-state index in [1.165, 1.54) is 63.5 Å². The molecule has 3 aromatic heterocycles. The van der Waals surface area contributed by atoms with Gasteiger partial charge in [-0.3, -0.25) is 0 Å². The highest BCUT2D eigenvalue weighted by Gasteiger charge is 2.17. The number of aromatic nitrogens is 4. The Morgan fingerprint density at radius 2 is 0.810 bits per heavy atom. The minimum absolute atomic E-state index is 0.643. The molecule has 0 bridgehead atoms. The summed E-state index contributed by atoms with van der Waals surface area (Å²) in [6.07, 6.45) is 0. The molecule has 0 N–H and O–H groups in total. The van der Waals surface area contributed by atoms with Crippen molar-refractivity contribution in [3.63, 3.8) is 0 Å². The maximum Gasteiger partial charge on any atom is 0.164 e. The lowest BCUT2D eigenvalue weighted by atomic mass is 10.0. The molecule has 3 heterocycles. The maximum atomic E-state index is 5.10. The highest BCUT2D eigenvalue weighted by atomic mass is 32.1. The van der Waals surface area contributed by atoms with Crippen molar-refractivity contribution in [1.29, 1.82) is 0 Å². The minimum Gasteiger partial charge on any atom is -0.309 e. The highest BCUT2D eigenvalue weighted by Crippen LogP contribution is 2.39. The van der Waals surface area contributed by atoms with Crippen LogP contribution in [0.3, 0.4) is 0 Å². The van der Waals surface area contributed by atoms with E-state index in [4.69, 9.17) is 15.0 Å². The maximum absolute atomic E-state index is 5.10. The van der Waals surface area contributed by atoms with Gasteiger partial charge in [0, 0.05) is 53.3 Å². The first-order valence-electron chi connectivity index (χ1n) is 19.5. The SMILES string of the molecule is c1ccc(-c2nc(-c3ccc(-c4cccc(-n5c6cc7ccccc7cc6c6cc7ccccc7cc65)c4)cc3)nc(-c3ccc4sc5ccccc5c4c3)n2)cc1. The Morgan fingerprint density at radius 3 is 1.48 bits per heavy atom. The zero-order valence-electron chi connectivity index (χ0n) is 31.2. The molecule has 270 valence electrons. The largest absolute Gasteiger partial charge is 0.309 e. The van der Waals surface area contributed by atoms with Gasteiger partial charge < -0.3 is 4.57 Å². The lowest BCUT2D eigenvalue weighted by Crippen LogP contribution is -2.00. The topological polar surface area (TPSA) is 43.6 Å². The van der Waals surface area contributed by atoms with Crippen molar-refractivity contribution in [2.45, 2.75) is 0 Å². The molecule has 0 radical (unpaired) electrons. The van der Waals surface area contributed by atoms with Crippen molar-refractivity contribution in [2.24, 2.45) is 0 Å². The number of hydrogen-bond acceptors (Lipinski definition) is 4. The molecule has 12 rings (SSSR count). The number of hydrogen-bond donors (Lipinski definition) is 0. The van der Waals surface area contributed by atoms with Crippen molar-refractivity contribution in [3.8, 4) is 51.0 Å². The average Bonchev–Trinajstić information content (AvgIpc) is 3.82. The van der Waals surface area contributed by atoms with Crippen molar-refractivity contribution >= 4 is 74.9 Å². The molecule has 0 aliphatic heterocycles. The third-order valence-corrected chi connectivity index (χ3v) is 12.5. The van der Waals surface area contributed by atoms with E-state index in [9.17, 15) is 0 Å². The standard InChI is InChI=1S/C53H32N4S/c1-2-11-34(12-3-1)51-54-52(56-53(55-51)41-25-26-50-46(30-41)43-19-8-9-20-49(43)58-50)35-23-21-33(22-24-35)36-17-10-18-42(27-36)57-47-31-39-15-6-4-13-37(39)28-44(47)45-29-38-14-5-7-16-40(38)32-48(45)57/h1-32H. The van der Waals surface area contributed by atoms with E-state index >= 15 is 0 Å². The molecule has 0 saturated carbocycles. The van der Waals surface area contributed by atoms with Crippen LogP contribution in [0.2, 0.25) is 0 Å². The summed E-state index contributed by atoms with van der Waals surface area (Å²) in [5.41, 5.74) is 8.63. The first kappa shape index (κ1) is 32.7. The van der Waals surface area contributed by atoms with Crippen molar-refractivity contribution < 1.29 is 0 Å². The number of nitrogens with zero attached hydrogens (tertiary/aromatic N) is 4. The molecule has 4 nitrogen and oxygen atoms in total. The summed E-state index contributed by atoms with van der Waals surface area (Å²) >= 11 is 1.81. The molecule has 0 aliphatic rings. The third-order valence-electron chi connectivity index (χ3n) is 11.4. The van der Waals surface area contributed by atoms with Crippen LogP contribution in [0.4, 0.5) is 0 Å². The monoisotopic (exact) mass is 756 g/mol. The van der Waals surface area contributed by atoms with Gasteiger partial charge in [0.1, 0.15) is 0 Å². The molecule has 0 atom stereocenters. The van der Waals surface area contributed by atoms with Gasteiger partial charge in [-0.2, -0.15) is 0 Å². The van der Waals surface area contributed by atoms with E-state index in [1.54, 1.807) is 0 Å². The Kier molecular flexibility index (Phi) is 7.37. The average molecular weight is 757 g/mol. The Bertz CT molecular complexity index is 3470. The van der Waals surface area contributed by atoms with Crippen LogP contribution in [-0.2, 0) is 0 Å². The van der Waals surface area contributed by atoms with Crippen molar-refractivity contribution in [3.05, 3.63) is 194 Å². The molecular formula is C53H32N4S. The predicted molar refractivity (Wildman–Crippen MR) is 244 cm³/mol. The number of thiophene rings is 1. The Labute approximate surface area is 338 Å². The minimum atomic E-state index is 0.643. The lowest BCUT2D eigenvalue weighted by Gasteiger charge is -2.12. The van der Waals surface area contributed by atoms with Gasteiger partial charge in [0.2, 0.25) is 0 Å². The predicted octanol–water partition coefficient (Wildman–Crippen LogP) is 14.3. The fourth-order valence-corrected chi connectivity index (χ4v) is 9.60. The normalized spacial score (nSPS) is 11.8. The second kappa shape index (κ2) is 13.1. The molecule has 0 aliphatic carbocycles. The Hall–Kier alpha value is -7.47. The highest BCUT2D eigenvalue weighted by molar-refractivity contribution is 7.25. The molecule has 58 heavy (non-hydrogen) atoms. The van der Waals surface area contributed by atoms with Gasteiger partial charge >= 0.3 is 0 Å². The van der Waals surface area contributed by atoms with Crippen LogP contribution in [0.5, 0.6) is 0 Å². The van der Waals surface area contributed by atoms with Gasteiger partial charge in [0.15, 0.2) is 17.5 Å². The smallest absolute Gasteiger partial charge is 0.164 e. The summed E-state index contributed by atoms with van der Waals surface area (Å²) in [7, 11) is 0. The van der Waals surface area contributed by atoms with E-state index in [0.717, 1.165) is 33.5 Å². The molecule has 0 fully saturated rings. The van der Waals surface area contributed by atoms with Crippen LogP contribution in [0.1, 0.15) is 0 Å². The van der Waals surface area contributed by atoms with Crippen LogP contribution < -0.4 is 0 Å². The van der Waals surface area contributed by atoms with Crippen molar-refractivity contribution in [2.75, 3.05) is 0 Å². The zero-order valence-corrected chi connectivity index (χ0v) is 32.0. The van der Waals surface area contributed by atoms with Gasteiger partial charge in [-0.15, -0.1) is 11.3 Å². The molecular weight excluding hydrogens is 725 g/mol. The quantitative estimate of drug-likeness (QED) is 0.176.